The molecule has 2 aliphatic rings. The van der Waals surface area contributed by atoms with Crippen LogP contribution < -0.4 is 0 Å². The number of nitrogens with zero attached hydrogens (tertiary/aromatic N) is 1. The van der Waals surface area contributed by atoms with Gasteiger partial charge in [-0.3, -0.25) is 4.31 Å². The van der Waals surface area contributed by atoms with Gasteiger partial charge in [-0.1, -0.05) is 32.3 Å². The molecular formula is C16H29NOS. The van der Waals surface area contributed by atoms with Crippen LogP contribution in [-0.4, -0.2) is 35.4 Å². The zero-order chi connectivity index (χ0) is 13.9. The quantitative estimate of drug-likeness (QED) is 0.823. The molecule has 0 amide bonds. The molecule has 2 nitrogen and oxygen atoms in total. The second kappa shape index (κ2) is 6.47. The maximum atomic E-state index is 10.1. The van der Waals surface area contributed by atoms with Crippen molar-refractivity contribution in [2.75, 3.05) is 19.8 Å². The zero-order valence-electron chi connectivity index (χ0n) is 12.6. The Kier molecular flexibility index (Phi) is 5.15. The van der Waals surface area contributed by atoms with E-state index in [1.807, 2.05) is 0 Å². The van der Waals surface area contributed by atoms with Gasteiger partial charge in [0.15, 0.2) is 0 Å². The Labute approximate surface area is 120 Å². The minimum absolute atomic E-state index is 0.177. The van der Waals surface area contributed by atoms with Crippen LogP contribution >= 0.6 is 10.2 Å². The van der Waals surface area contributed by atoms with Crippen LogP contribution in [0.1, 0.15) is 45.4 Å². The van der Waals surface area contributed by atoms with Crippen LogP contribution in [0.4, 0.5) is 0 Å². The molecule has 2 atom stereocenters. The average molecular weight is 283 g/mol. The van der Waals surface area contributed by atoms with Gasteiger partial charge in [0.05, 0.1) is 6.10 Å². The van der Waals surface area contributed by atoms with E-state index in [1.54, 1.807) is 5.57 Å². The summed E-state index contributed by atoms with van der Waals surface area (Å²) in [5.74, 6) is 1.67. The predicted octanol–water partition coefficient (Wildman–Crippen LogP) is 4.03. The Bertz CT molecular complexity index is 358. The molecule has 0 aromatic rings. The molecule has 0 spiro atoms. The van der Waals surface area contributed by atoms with Crippen LogP contribution in [0.15, 0.2) is 22.5 Å². The van der Waals surface area contributed by atoms with Gasteiger partial charge in [-0.25, -0.2) is 0 Å². The van der Waals surface area contributed by atoms with Crippen LogP contribution in [0.5, 0.6) is 0 Å². The molecular weight excluding hydrogens is 254 g/mol. The molecule has 0 aromatic carbocycles. The SMILES string of the molecule is CCC(O)CS1(N(C)C)C=CC(C2CCCCC2)=C1. The van der Waals surface area contributed by atoms with Gasteiger partial charge in [0.1, 0.15) is 0 Å². The van der Waals surface area contributed by atoms with Crippen molar-refractivity contribution >= 4 is 10.2 Å². The molecule has 1 aliphatic carbocycles. The van der Waals surface area contributed by atoms with Crippen LogP contribution in [0.2, 0.25) is 0 Å². The lowest BCUT2D eigenvalue weighted by Crippen LogP contribution is -2.25. The standard InChI is InChI=1S/C16H29NOS/c1-4-16(18)13-19(17(2)3)11-10-15(12-19)14-8-6-5-7-9-14/h10-12,14,16,18H,4-9,13H2,1-3H3. The monoisotopic (exact) mass is 283 g/mol. The van der Waals surface area contributed by atoms with Crippen LogP contribution in [-0.2, 0) is 0 Å². The molecule has 0 saturated heterocycles. The lowest BCUT2D eigenvalue weighted by atomic mass is 9.84. The summed E-state index contributed by atoms with van der Waals surface area (Å²) in [4.78, 5) is 0. The molecule has 1 heterocycles. The molecule has 0 radical (unpaired) electrons. The summed E-state index contributed by atoms with van der Waals surface area (Å²) in [6.07, 6.45) is 9.93. The highest BCUT2D eigenvalue weighted by Crippen LogP contribution is 2.59. The predicted molar refractivity (Wildman–Crippen MR) is 86.2 cm³/mol. The first kappa shape index (κ1) is 15.1. The molecule has 1 aliphatic heterocycles. The average Bonchev–Trinajstić information content (AvgIpc) is 2.85. The van der Waals surface area contributed by atoms with Gasteiger partial charge in [-0.05, 0) is 55.7 Å². The summed E-state index contributed by atoms with van der Waals surface area (Å²) in [5, 5.41) is 14.9. The molecule has 1 saturated carbocycles. The van der Waals surface area contributed by atoms with E-state index in [1.165, 1.54) is 32.1 Å². The van der Waals surface area contributed by atoms with Gasteiger partial charge >= 0.3 is 0 Å². The molecule has 110 valence electrons. The molecule has 3 heteroatoms. The van der Waals surface area contributed by atoms with Crippen molar-refractivity contribution in [2.45, 2.75) is 51.6 Å². The summed E-state index contributed by atoms with van der Waals surface area (Å²) in [7, 11) is 3.26. The minimum atomic E-state index is -1.05. The maximum Gasteiger partial charge on any atom is 0.0630 e. The third-order valence-electron chi connectivity index (χ3n) is 4.52. The summed E-state index contributed by atoms with van der Waals surface area (Å²) in [6.45, 7) is 2.07. The fraction of sp³-hybridized carbons (Fsp3) is 0.750. The van der Waals surface area contributed by atoms with Gasteiger partial charge in [0.25, 0.3) is 0 Å². The van der Waals surface area contributed by atoms with Crippen molar-refractivity contribution in [1.29, 1.82) is 0 Å². The van der Waals surface area contributed by atoms with Crippen molar-refractivity contribution in [3.63, 3.8) is 0 Å². The van der Waals surface area contributed by atoms with Crippen molar-refractivity contribution in [1.82, 2.24) is 4.31 Å². The molecule has 1 N–H and O–H groups in total. The highest BCUT2D eigenvalue weighted by Gasteiger charge is 2.30. The summed E-state index contributed by atoms with van der Waals surface area (Å²) >= 11 is 0. The highest BCUT2D eigenvalue weighted by molar-refractivity contribution is 8.36. The minimum Gasteiger partial charge on any atom is -0.392 e. The lowest BCUT2D eigenvalue weighted by molar-refractivity contribution is 0.194. The topological polar surface area (TPSA) is 23.5 Å². The number of aliphatic hydroxyl groups excluding tert-OH is 1. The van der Waals surface area contributed by atoms with Crippen LogP contribution in [0, 0.1) is 5.92 Å². The van der Waals surface area contributed by atoms with E-state index in [9.17, 15) is 5.11 Å². The normalized spacial score (nSPS) is 33.2. The second-order valence-corrected chi connectivity index (χ2v) is 9.30. The Morgan fingerprint density at radius 2 is 2.00 bits per heavy atom. The van der Waals surface area contributed by atoms with Crippen molar-refractivity contribution in [3.8, 4) is 0 Å². The first-order valence-corrected chi connectivity index (χ1v) is 9.52. The molecule has 0 bridgehead atoms. The third kappa shape index (κ3) is 3.45. The van der Waals surface area contributed by atoms with Gasteiger partial charge in [0.2, 0.25) is 0 Å². The molecule has 19 heavy (non-hydrogen) atoms. The number of rotatable bonds is 5. The first-order valence-electron chi connectivity index (χ1n) is 7.63. The Hall–Kier alpha value is -0.250. The second-order valence-electron chi connectivity index (χ2n) is 6.11. The summed E-state index contributed by atoms with van der Waals surface area (Å²) in [6, 6.07) is 0. The van der Waals surface area contributed by atoms with Gasteiger partial charge in [0, 0.05) is 5.75 Å². The third-order valence-corrected chi connectivity index (χ3v) is 8.09. The molecule has 1 fully saturated rings. The van der Waals surface area contributed by atoms with E-state index >= 15 is 0 Å². The maximum absolute atomic E-state index is 10.1. The smallest absolute Gasteiger partial charge is 0.0630 e. The van der Waals surface area contributed by atoms with Crippen molar-refractivity contribution in [3.05, 3.63) is 22.5 Å². The van der Waals surface area contributed by atoms with Gasteiger partial charge < -0.3 is 5.11 Å². The number of hydrogen-bond acceptors (Lipinski definition) is 2. The first-order chi connectivity index (χ1) is 9.07. The Morgan fingerprint density at radius 3 is 2.58 bits per heavy atom. The van der Waals surface area contributed by atoms with Crippen molar-refractivity contribution in [2.24, 2.45) is 5.92 Å². The molecule has 2 rings (SSSR count). The fourth-order valence-corrected chi connectivity index (χ4v) is 6.11. The molecule has 2 unspecified atom stereocenters. The fourth-order valence-electron chi connectivity index (χ4n) is 3.08. The van der Waals surface area contributed by atoms with E-state index < -0.39 is 10.2 Å². The van der Waals surface area contributed by atoms with Gasteiger partial charge in [-0.2, -0.15) is 0 Å². The number of hydrogen-bond donors (Lipinski definition) is 1. The van der Waals surface area contributed by atoms with Crippen LogP contribution in [0.3, 0.4) is 0 Å². The highest BCUT2D eigenvalue weighted by atomic mass is 32.3. The van der Waals surface area contributed by atoms with E-state index in [-0.39, 0.29) is 6.10 Å². The van der Waals surface area contributed by atoms with E-state index in [4.69, 9.17) is 0 Å². The largest absolute Gasteiger partial charge is 0.392 e. The summed E-state index contributed by atoms with van der Waals surface area (Å²) < 4.78 is 2.33. The van der Waals surface area contributed by atoms with E-state index in [0.717, 1.165) is 18.1 Å². The number of aliphatic hydroxyl groups is 1. The molecule has 0 aromatic heterocycles. The van der Waals surface area contributed by atoms with Crippen LogP contribution in [0.25, 0.3) is 0 Å². The van der Waals surface area contributed by atoms with E-state index in [0.29, 0.717) is 0 Å². The lowest BCUT2D eigenvalue weighted by Gasteiger charge is -2.40. The van der Waals surface area contributed by atoms with Gasteiger partial charge in [-0.15, -0.1) is 10.2 Å². The number of allylic oxidation sites excluding steroid dienone is 2. The van der Waals surface area contributed by atoms with E-state index in [2.05, 4.69) is 42.2 Å². The Morgan fingerprint density at radius 1 is 1.32 bits per heavy atom. The zero-order valence-corrected chi connectivity index (χ0v) is 13.5. The van der Waals surface area contributed by atoms with Crippen molar-refractivity contribution < 1.29 is 5.11 Å². The Balaban J connectivity index is 2.13. The summed E-state index contributed by atoms with van der Waals surface area (Å²) in [5.41, 5.74) is 1.55.